The number of fused-ring (bicyclic) bond motifs is 1. The molecule has 5 heteroatoms. The molecular formula is C23H36O5. The van der Waals surface area contributed by atoms with Crippen LogP contribution < -0.4 is 0 Å². The average Bonchev–Trinajstić information content (AvgIpc) is 3.14. The fraction of sp³-hybridized carbons (Fsp3) is 0.783. The third-order valence-electron chi connectivity index (χ3n) is 7.16. The highest BCUT2D eigenvalue weighted by Gasteiger charge is 2.47. The summed E-state index contributed by atoms with van der Waals surface area (Å²) in [6.45, 7) is 0. The molecule has 0 unspecified atom stereocenters. The zero-order valence-corrected chi connectivity index (χ0v) is 16.9. The van der Waals surface area contributed by atoms with E-state index in [1.807, 2.05) is 6.08 Å². The molecule has 3 rings (SSSR count). The molecule has 3 saturated carbocycles. The van der Waals surface area contributed by atoms with Gasteiger partial charge >= 0.3 is 5.97 Å². The van der Waals surface area contributed by atoms with E-state index in [0.29, 0.717) is 30.9 Å². The van der Waals surface area contributed by atoms with Crippen molar-refractivity contribution in [2.45, 2.75) is 95.2 Å². The Hall–Kier alpha value is -1.33. The van der Waals surface area contributed by atoms with Crippen molar-refractivity contribution in [1.82, 2.24) is 0 Å². The van der Waals surface area contributed by atoms with Crippen molar-refractivity contribution in [3.63, 3.8) is 0 Å². The van der Waals surface area contributed by atoms with Gasteiger partial charge in [0.2, 0.25) is 0 Å². The van der Waals surface area contributed by atoms with Crippen molar-refractivity contribution in [2.75, 3.05) is 0 Å². The van der Waals surface area contributed by atoms with Crippen LogP contribution in [-0.2, 0) is 4.79 Å². The van der Waals surface area contributed by atoms with Crippen LogP contribution in [-0.4, -0.2) is 38.1 Å². The van der Waals surface area contributed by atoms with E-state index >= 15 is 0 Å². The molecule has 3 aliphatic rings. The molecule has 0 aromatic heterocycles. The molecule has 0 heterocycles. The Kier molecular flexibility index (Phi) is 7.21. The molecule has 0 aromatic rings. The monoisotopic (exact) mass is 392 g/mol. The normalized spacial score (nSPS) is 33.9. The lowest BCUT2D eigenvalue weighted by molar-refractivity contribution is -0.137. The van der Waals surface area contributed by atoms with Gasteiger partial charge in [0.15, 0.2) is 0 Å². The molecule has 0 bridgehead atoms. The molecule has 0 aromatic carbocycles. The van der Waals surface area contributed by atoms with E-state index in [4.69, 9.17) is 5.11 Å². The van der Waals surface area contributed by atoms with Crippen LogP contribution in [0.3, 0.4) is 0 Å². The van der Waals surface area contributed by atoms with Gasteiger partial charge in [-0.3, -0.25) is 4.79 Å². The molecule has 0 radical (unpaired) electrons. The number of hydrogen-bond acceptors (Lipinski definition) is 4. The summed E-state index contributed by atoms with van der Waals surface area (Å²) in [7, 11) is 0. The van der Waals surface area contributed by atoms with E-state index in [-0.39, 0.29) is 18.3 Å². The van der Waals surface area contributed by atoms with Gasteiger partial charge in [0.25, 0.3) is 0 Å². The Balaban J connectivity index is 1.52. The number of carboxylic acid groups (broad SMARTS) is 1. The maximum absolute atomic E-state index is 10.7. The minimum atomic E-state index is -0.752. The van der Waals surface area contributed by atoms with E-state index in [2.05, 4.69) is 6.08 Å². The Bertz CT molecular complexity index is 602. The third kappa shape index (κ3) is 5.38. The smallest absolute Gasteiger partial charge is 0.303 e. The standard InChI is InChI=1S/C23H36O5/c24-19(8-6-12-23(28)10-4-1-5-11-23)22-18-14-16(7-2-3-9-21(26)27)13-17(18)15-20(22)25/h7-8,17-18,20,22,24-25,28H,1-6,9-15H2,(H,26,27)/b16-7+,19-8+/t17-,18-,20+,22-/m1/s1. The van der Waals surface area contributed by atoms with Crippen molar-refractivity contribution in [1.29, 1.82) is 0 Å². The van der Waals surface area contributed by atoms with Crippen LogP contribution in [0.15, 0.2) is 23.5 Å². The first kappa shape index (κ1) is 21.4. The highest BCUT2D eigenvalue weighted by Crippen LogP contribution is 2.52. The van der Waals surface area contributed by atoms with Crippen molar-refractivity contribution in [2.24, 2.45) is 17.8 Å². The SMILES string of the molecule is O=C(O)CCC/C=C1\C[C@@H]2C[C@H](O)[C@@H](/C(O)=C\CCC3(O)CCCCC3)[C@@H]2C1. The molecule has 28 heavy (non-hydrogen) atoms. The first-order valence-corrected chi connectivity index (χ1v) is 11.1. The maximum Gasteiger partial charge on any atom is 0.303 e. The first-order chi connectivity index (χ1) is 13.4. The molecule has 0 saturated heterocycles. The Morgan fingerprint density at radius 1 is 1.11 bits per heavy atom. The first-order valence-electron chi connectivity index (χ1n) is 11.1. The largest absolute Gasteiger partial charge is 0.512 e. The quantitative estimate of drug-likeness (QED) is 0.277. The minimum absolute atomic E-state index is 0.198. The lowest BCUT2D eigenvalue weighted by Crippen LogP contribution is -2.31. The number of aliphatic carboxylic acids is 1. The van der Waals surface area contributed by atoms with Crippen LogP contribution in [0.1, 0.15) is 83.5 Å². The second kappa shape index (κ2) is 9.45. The molecule has 3 fully saturated rings. The van der Waals surface area contributed by atoms with E-state index < -0.39 is 17.7 Å². The number of aliphatic hydroxyl groups excluding tert-OH is 2. The summed E-state index contributed by atoms with van der Waals surface area (Å²) in [5.41, 5.74) is 0.770. The van der Waals surface area contributed by atoms with Gasteiger partial charge in [0, 0.05) is 12.3 Å². The lowest BCUT2D eigenvalue weighted by atomic mass is 9.81. The molecule has 3 aliphatic carbocycles. The molecule has 0 spiro atoms. The van der Waals surface area contributed by atoms with Gasteiger partial charge in [-0.05, 0) is 75.7 Å². The van der Waals surface area contributed by atoms with E-state index in [0.717, 1.165) is 51.4 Å². The average molecular weight is 393 g/mol. The fourth-order valence-electron chi connectivity index (χ4n) is 5.69. The number of allylic oxidation sites excluding steroid dienone is 3. The van der Waals surface area contributed by atoms with Crippen molar-refractivity contribution < 1.29 is 25.2 Å². The Morgan fingerprint density at radius 3 is 2.57 bits per heavy atom. The predicted octanol–water partition coefficient (Wildman–Crippen LogP) is 4.49. The lowest BCUT2D eigenvalue weighted by Gasteiger charge is -2.31. The zero-order valence-electron chi connectivity index (χ0n) is 16.9. The van der Waals surface area contributed by atoms with Crippen LogP contribution in [0.25, 0.3) is 0 Å². The van der Waals surface area contributed by atoms with E-state index in [1.165, 1.54) is 12.0 Å². The van der Waals surface area contributed by atoms with Crippen LogP contribution in [0, 0.1) is 17.8 Å². The van der Waals surface area contributed by atoms with Gasteiger partial charge in [-0.1, -0.05) is 30.9 Å². The summed E-state index contributed by atoms with van der Waals surface area (Å²) in [5, 5.41) is 40.5. The van der Waals surface area contributed by atoms with Gasteiger partial charge in [-0.15, -0.1) is 0 Å². The number of carboxylic acids is 1. The molecule has 0 aliphatic heterocycles. The molecule has 5 nitrogen and oxygen atoms in total. The number of rotatable bonds is 8. The highest BCUT2D eigenvalue weighted by molar-refractivity contribution is 5.66. The van der Waals surface area contributed by atoms with Crippen molar-refractivity contribution in [3.8, 4) is 0 Å². The summed E-state index contributed by atoms with van der Waals surface area (Å²) in [6.07, 6.45) is 14.1. The summed E-state index contributed by atoms with van der Waals surface area (Å²) >= 11 is 0. The number of unbranched alkanes of at least 4 members (excludes halogenated alkanes) is 1. The third-order valence-corrected chi connectivity index (χ3v) is 7.16. The van der Waals surface area contributed by atoms with E-state index in [1.54, 1.807) is 0 Å². The molecule has 4 atom stereocenters. The summed E-state index contributed by atoms with van der Waals surface area (Å²) in [4.78, 5) is 10.6. The Labute approximate surface area is 168 Å². The minimum Gasteiger partial charge on any atom is -0.512 e. The predicted molar refractivity (Wildman–Crippen MR) is 108 cm³/mol. The second-order valence-corrected chi connectivity index (χ2v) is 9.26. The molecule has 4 N–H and O–H groups in total. The highest BCUT2D eigenvalue weighted by atomic mass is 16.4. The van der Waals surface area contributed by atoms with Gasteiger partial charge < -0.3 is 20.4 Å². The van der Waals surface area contributed by atoms with Crippen LogP contribution in [0.5, 0.6) is 0 Å². The van der Waals surface area contributed by atoms with Crippen molar-refractivity contribution >= 4 is 5.97 Å². The maximum atomic E-state index is 10.7. The number of hydrogen-bond donors (Lipinski definition) is 4. The van der Waals surface area contributed by atoms with Gasteiger partial charge in [-0.25, -0.2) is 0 Å². The molecule has 0 amide bonds. The summed E-state index contributed by atoms with van der Waals surface area (Å²) in [5.74, 6) is 0.0267. The van der Waals surface area contributed by atoms with Gasteiger partial charge in [-0.2, -0.15) is 0 Å². The zero-order chi connectivity index (χ0) is 20.1. The topological polar surface area (TPSA) is 98.0 Å². The molecule has 158 valence electrons. The van der Waals surface area contributed by atoms with E-state index in [9.17, 15) is 20.1 Å². The second-order valence-electron chi connectivity index (χ2n) is 9.26. The Morgan fingerprint density at radius 2 is 1.86 bits per heavy atom. The summed E-state index contributed by atoms with van der Waals surface area (Å²) < 4.78 is 0. The number of carbonyl (C=O) groups is 1. The van der Waals surface area contributed by atoms with Gasteiger partial charge in [0.05, 0.1) is 17.5 Å². The van der Waals surface area contributed by atoms with Crippen LogP contribution in [0.2, 0.25) is 0 Å². The molecular weight excluding hydrogens is 356 g/mol. The fourth-order valence-corrected chi connectivity index (χ4v) is 5.69. The van der Waals surface area contributed by atoms with Gasteiger partial charge in [0.1, 0.15) is 0 Å². The number of aliphatic hydroxyl groups is 3. The summed E-state index contributed by atoms with van der Waals surface area (Å²) in [6, 6.07) is 0. The van der Waals surface area contributed by atoms with Crippen LogP contribution >= 0.6 is 0 Å². The van der Waals surface area contributed by atoms with Crippen LogP contribution in [0.4, 0.5) is 0 Å². The van der Waals surface area contributed by atoms with Crippen molar-refractivity contribution in [3.05, 3.63) is 23.5 Å².